The first-order valence-electron chi connectivity index (χ1n) is 6.30. The Morgan fingerprint density at radius 2 is 1.79 bits per heavy atom. The molecule has 0 spiro atoms. The summed E-state index contributed by atoms with van der Waals surface area (Å²) in [5.41, 5.74) is 3.90. The Hall–Kier alpha value is -0.800. The molecule has 0 heterocycles. The molecule has 0 aliphatic carbocycles. The molecule has 0 saturated carbocycles. The highest BCUT2D eigenvalue weighted by Gasteiger charge is 2.04. The highest BCUT2D eigenvalue weighted by molar-refractivity contribution is 9.10. The average Bonchev–Trinajstić information content (AvgIpc) is 2.45. The first-order chi connectivity index (χ1) is 9.20. The van der Waals surface area contributed by atoms with Crippen LogP contribution in [0.4, 0.5) is 5.69 Å². The highest BCUT2D eigenvalue weighted by atomic mass is 79.9. The van der Waals surface area contributed by atoms with Crippen LogP contribution in [0.5, 0.6) is 0 Å². The van der Waals surface area contributed by atoms with Gasteiger partial charge < -0.3 is 4.90 Å². The van der Waals surface area contributed by atoms with E-state index in [0.29, 0.717) is 0 Å². The zero-order chi connectivity index (χ0) is 13.7. The molecule has 0 fully saturated rings. The van der Waals surface area contributed by atoms with Gasteiger partial charge in [0.25, 0.3) is 0 Å². The molecule has 0 aromatic heterocycles. The van der Waals surface area contributed by atoms with Crippen molar-refractivity contribution < 1.29 is 0 Å². The maximum Gasteiger partial charge on any atom is 0.0375 e. The van der Waals surface area contributed by atoms with E-state index < -0.39 is 0 Å². The Morgan fingerprint density at radius 1 is 1.05 bits per heavy atom. The molecular weight excluding hydrogens is 366 g/mol. The van der Waals surface area contributed by atoms with Gasteiger partial charge in [0, 0.05) is 29.1 Å². The standard InChI is InChI=1S/C16H17Br2N/c1-19(10-9-13-5-3-2-4-6-13)15-8-7-14(12-17)16(18)11-15/h2-8,11H,9-10,12H2,1H3. The predicted octanol–water partition coefficient (Wildman–Crippen LogP) is 5.02. The first-order valence-corrected chi connectivity index (χ1v) is 8.21. The number of hydrogen-bond donors (Lipinski definition) is 0. The van der Waals surface area contributed by atoms with Gasteiger partial charge >= 0.3 is 0 Å². The van der Waals surface area contributed by atoms with Crippen LogP contribution in [0.2, 0.25) is 0 Å². The predicted molar refractivity (Wildman–Crippen MR) is 90.2 cm³/mol. The smallest absolute Gasteiger partial charge is 0.0375 e. The zero-order valence-corrected chi connectivity index (χ0v) is 14.1. The molecule has 100 valence electrons. The van der Waals surface area contributed by atoms with E-state index in [-0.39, 0.29) is 0 Å². The van der Waals surface area contributed by atoms with Gasteiger partial charge in [0.2, 0.25) is 0 Å². The summed E-state index contributed by atoms with van der Waals surface area (Å²) in [5, 5.41) is 0.877. The summed E-state index contributed by atoms with van der Waals surface area (Å²) in [6.45, 7) is 1.02. The lowest BCUT2D eigenvalue weighted by atomic mass is 10.1. The van der Waals surface area contributed by atoms with Gasteiger partial charge in [-0.1, -0.05) is 68.3 Å². The Labute approximate surface area is 131 Å². The van der Waals surface area contributed by atoms with Gasteiger partial charge in [0.05, 0.1) is 0 Å². The van der Waals surface area contributed by atoms with Crippen LogP contribution in [-0.2, 0) is 11.8 Å². The van der Waals surface area contributed by atoms with E-state index in [0.717, 1.165) is 22.8 Å². The van der Waals surface area contributed by atoms with Crippen molar-refractivity contribution in [2.45, 2.75) is 11.8 Å². The molecule has 0 amide bonds. The monoisotopic (exact) mass is 381 g/mol. The van der Waals surface area contributed by atoms with Crippen LogP contribution in [0, 0.1) is 0 Å². The Morgan fingerprint density at radius 3 is 2.42 bits per heavy atom. The third kappa shape index (κ3) is 4.08. The number of rotatable bonds is 5. The minimum atomic E-state index is 0.877. The van der Waals surface area contributed by atoms with E-state index in [2.05, 4.69) is 92.3 Å². The van der Waals surface area contributed by atoms with Crippen molar-refractivity contribution in [2.75, 3.05) is 18.5 Å². The van der Waals surface area contributed by atoms with E-state index in [1.165, 1.54) is 16.8 Å². The number of alkyl halides is 1. The summed E-state index contributed by atoms with van der Waals surface area (Å²) >= 11 is 7.10. The second kappa shape index (κ2) is 7.11. The molecule has 0 saturated heterocycles. The molecule has 2 rings (SSSR count). The lowest BCUT2D eigenvalue weighted by molar-refractivity contribution is 0.876. The average molecular weight is 383 g/mol. The molecule has 3 heteroatoms. The van der Waals surface area contributed by atoms with Crippen LogP contribution < -0.4 is 4.90 Å². The second-order valence-electron chi connectivity index (χ2n) is 4.57. The van der Waals surface area contributed by atoms with Crippen LogP contribution in [0.25, 0.3) is 0 Å². The van der Waals surface area contributed by atoms with Crippen LogP contribution in [0.15, 0.2) is 53.0 Å². The minimum Gasteiger partial charge on any atom is -0.374 e. The summed E-state index contributed by atoms with van der Waals surface area (Å²) in [4.78, 5) is 2.29. The minimum absolute atomic E-state index is 0.877. The fraction of sp³-hybridized carbons (Fsp3) is 0.250. The number of halogens is 2. The number of anilines is 1. The third-order valence-electron chi connectivity index (χ3n) is 3.20. The van der Waals surface area contributed by atoms with Gasteiger partial charge in [-0.2, -0.15) is 0 Å². The summed E-state index contributed by atoms with van der Waals surface area (Å²) < 4.78 is 1.16. The number of nitrogens with zero attached hydrogens (tertiary/aromatic N) is 1. The molecule has 0 radical (unpaired) electrons. The Bertz CT molecular complexity index is 526. The molecule has 0 atom stereocenters. The van der Waals surface area contributed by atoms with E-state index in [4.69, 9.17) is 0 Å². The molecular formula is C16H17Br2N. The van der Waals surface area contributed by atoms with Gasteiger partial charge in [-0.05, 0) is 29.7 Å². The largest absolute Gasteiger partial charge is 0.374 e. The van der Waals surface area contributed by atoms with E-state index in [1.807, 2.05) is 0 Å². The van der Waals surface area contributed by atoms with Gasteiger partial charge in [-0.25, -0.2) is 0 Å². The maximum atomic E-state index is 3.61. The van der Waals surface area contributed by atoms with Crippen molar-refractivity contribution in [3.8, 4) is 0 Å². The fourth-order valence-corrected chi connectivity index (χ4v) is 3.32. The van der Waals surface area contributed by atoms with Crippen LogP contribution in [0.3, 0.4) is 0 Å². The first kappa shape index (κ1) is 14.6. The highest BCUT2D eigenvalue weighted by Crippen LogP contribution is 2.25. The molecule has 0 aliphatic heterocycles. The van der Waals surface area contributed by atoms with Gasteiger partial charge in [-0.3, -0.25) is 0 Å². The number of hydrogen-bond acceptors (Lipinski definition) is 1. The Kier molecular flexibility index (Phi) is 5.46. The van der Waals surface area contributed by atoms with E-state index in [1.54, 1.807) is 0 Å². The van der Waals surface area contributed by atoms with Crippen LogP contribution in [0.1, 0.15) is 11.1 Å². The van der Waals surface area contributed by atoms with Crippen LogP contribution in [-0.4, -0.2) is 13.6 Å². The van der Waals surface area contributed by atoms with E-state index >= 15 is 0 Å². The summed E-state index contributed by atoms with van der Waals surface area (Å²) in [6, 6.07) is 17.1. The van der Waals surface area contributed by atoms with Crippen LogP contribution >= 0.6 is 31.9 Å². The van der Waals surface area contributed by atoms with Gasteiger partial charge in [0.15, 0.2) is 0 Å². The van der Waals surface area contributed by atoms with Crippen molar-refractivity contribution in [2.24, 2.45) is 0 Å². The second-order valence-corrected chi connectivity index (χ2v) is 5.98. The normalized spacial score (nSPS) is 10.5. The SMILES string of the molecule is CN(CCc1ccccc1)c1ccc(CBr)c(Br)c1. The summed E-state index contributed by atoms with van der Waals surface area (Å²) in [7, 11) is 2.14. The molecule has 1 nitrogen and oxygen atoms in total. The quantitative estimate of drug-likeness (QED) is 0.656. The maximum absolute atomic E-state index is 3.61. The van der Waals surface area contributed by atoms with Crippen molar-refractivity contribution in [3.05, 3.63) is 64.1 Å². The molecule has 2 aromatic carbocycles. The molecule has 19 heavy (non-hydrogen) atoms. The van der Waals surface area contributed by atoms with Gasteiger partial charge in [-0.15, -0.1) is 0 Å². The number of benzene rings is 2. The summed E-state index contributed by atoms with van der Waals surface area (Å²) in [6.07, 6.45) is 1.06. The van der Waals surface area contributed by atoms with Gasteiger partial charge in [0.1, 0.15) is 0 Å². The van der Waals surface area contributed by atoms with Crippen molar-refractivity contribution in [3.63, 3.8) is 0 Å². The van der Waals surface area contributed by atoms with Crippen molar-refractivity contribution >= 4 is 37.5 Å². The molecule has 0 bridgehead atoms. The molecule has 2 aromatic rings. The van der Waals surface area contributed by atoms with Crippen molar-refractivity contribution in [1.29, 1.82) is 0 Å². The molecule has 0 aliphatic rings. The van der Waals surface area contributed by atoms with E-state index in [9.17, 15) is 0 Å². The Balaban J connectivity index is 2.00. The molecule has 0 unspecified atom stereocenters. The summed E-state index contributed by atoms with van der Waals surface area (Å²) in [5.74, 6) is 0. The fourth-order valence-electron chi connectivity index (χ4n) is 1.95. The van der Waals surface area contributed by atoms with Crippen molar-refractivity contribution in [1.82, 2.24) is 0 Å². The lowest BCUT2D eigenvalue weighted by Gasteiger charge is -2.20. The third-order valence-corrected chi connectivity index (χ3v) is 4.54. The number of likely N-dealkylation sites (N-methyl/N-ethyl adjacent to an activating group) is 1. The topological polar surface area (TPSA) is 3.24 Å². The lowest BCUT2D eigenvalue weighted by Crippen LogP contribution is -2.20. The zero-order valence-electron chi connectivity index (χ0n) is 10.9. The molecule has 0 N–H and O–H groups in total.